The van der Waals surface area contributed by atoms with Crippen LogP contribution < -0.4 is 0 Å². The van der Waals surface area contributed by atoms with Crippen molar-refractivity contribution in [3.8, 4) is 0 Å². The van der Waals surface area contributed by atoms with Crippen LogP contribution in [0, 0.1) is 5.92 Å². The molecule has 1 heteroatoms. The van der Waals surface area contributed by atoms with Crippen molar-refractivity contribution < 1.29 is 5.11 Å². The molecule has 2 unspecified atom stereocenters. The fourth-order valence-electron chi connectivity index (χ4n) is 1.05. The standard InChI is InChI=1S/C12H20O.C2H6/c1-5-8-9-11(7-3)12(13)10(4)6-2;1-2/h5,7-10,12-13H,3,6H2,1-2,4H3;1-2H3/b8-5-,11-9+;. The zero-order valence-corrected chi connectivity index (χ0v) is 10.8. The highest BCUT2D eigenvalue weighted by Crippen LogP contribution is 2.16. The van der Waals surface area contributed by atoms with E-state index in [0.29, 0.717) is 0 Å². The SMILES string of the molecule is C=C/C(=C\C=C/C)C(O)C(C)CC.CC. The van der Waals surface area contributed by atoms with Gasteiger partial charge in [-0.3, -0.25) is 0 Å². The number of hydrogen-bond acceptors (Lipinski definition) is 1. The Labute approximate surface area is 95.2 Å². The topological polar surface area (TPSA) is 20.2 Å². The molecule has 2 atom stereocenters. The third-order valence-corrected chi connectivity index (χ3v) is 2.24. The second kappa shape index (κ2) is 11.3. The number of hydrogen-bond donors (Lipinski definition) is 1. The molecule has 0 amide bonds. The van der Waals surface area contributed by atoms with Gasteiger partial charge in [0.15, 0.2) is 0 Å². The molecule has 0 aliphatic heterocycles. The summed E-state index contributed by atoms with van der Waals surface area (Å²) in [6.45, 7) is 13.8. The van der Waals surface area contributed by atoms with Crippen LogP contribution in [0.5, 0.6) is 0 Å². The van der Waals surface area contributed by atoms with Crippen LogP contribution in [0.15, 0.2) is 36.5 Å². The first-order valence-corrected chi connectivity index (χ1v) is 5.80. The normalized spacial score (nSPS) is 15.5. The molecule has 0 aliphatic carbocycles. The van der Waals surface area contributed by atoms with Crippen LogP contribution in [-0.2, 0) is 0 Å². The van der Waals surface area contributed by atoms with Gasteiger partial charge >= 0.3 is 0 Å². The van der Waals surface area contributed by atoms with Crippen molar-refractivity contribution in [3.63, 3.8) is 0 Å². The van der Waals surface area contributed by atoms with Crippen LogP contribution in [0.3, 0.4) is 0 Å². The first-order chi connectivity index (χ1) is 7.17. The summed E-state index contributed by atoms with van der Waals surface area (Å²) in [6.07, 6.45) is 8.07. The Morgan fingerprint density at radius 1 is 1.40 bits per heavy atom. The van der Waals surface area contributed by atoms with E-state index in [1.165, 1.54) is 0 Å². The van der Waals surface area contributed by atoms with Crippen LogP contribution in [0.1, 0.15) is 41.0 Å². The first kappa shape index (κ1) is 16.6. The number of allylic oxidation sites excluding steroid dienone is 3. The molecule has 0 radical (unpaired) electrons. The summed E-state index contributed by atoms with van der Waals surface area (Å²) in [6, 6.07) is 0. The van der Waals surface area contributed by atoms with E-state index in [9.17, 15) is 5.11 Å². The second-order valence-electron chi connectivity index (χ2n) is 3.23. The summed E-state index contributed by atoms with van der Waals surface area (Å²) >= 11 is 0. The zero-order chi connectivity index (χ0) is 12.3. The van der Waals surface area contributed by atoms with Crippen molar-refractivity contribution >= 4 is 0 Å². The predicted molar refractivity (Wildman–Crippen MR) is 69.9 cm³/mol. The van der Waals surface area contributed by atoms with Crippen LogP contribution in [0.4, 0.5) is 0 Å². The van der Waals surface area contributed by atoms with E-state index < -0.39 is 6.10 Å². The molecular formula is C14H26O. The molecule has 88 valence electrons. The molecule has 0 fully saturated rings. The van der Waals surface area contributed by atoms with E-state index in [0.717, 1.165) is 12.0 Å². The van der Waals surface area contributed by atoms with Crippen molar-refractivity contribution in [2.45, 2.75) is 47.1 Å². The Bertz CT molecular complexity index is 201. The van der Waals surface area contributed by atoms with E-state index in [1.807, 2.05) is 45.9 Å². The average Bonchev–Trinajstić information content (AvgIpc) is 2.31. The third-order valence-electron chi connectivity index (χ3n) is 2.24. The quantitative estimate of drug-likeness (QED) is 0.677. The van der Waals surface area contributed by atoms with Crippen molar-refractivity contribution in [1.82, 2.24) is 0 Å². The molecule has 1 nitrogen and oxygen atoms in total. The minimum absolute atomic E-state index is 0.287. The van der Waals surface area contributed by atoms with Gasteiger partial charge in [-0.25, -0.2) is 0 Å². The van der Waals surface area contributed by atoms with Crippen LogP contribution >= 0.6 is 0 Å². The van der Waals surface area contributed by atoms with Gasteiger partial charge in [-0.2, -0.15) is 0 Å². The molecular weight excluding hydrogens is 184 g/mol. The number of rotatable bonds is 5. The van der Waals surface area contributed by atoms with E-state index in [1.54, 1.807) is 6.08 Å². The largest absolute Gasteiger partial charge is 0.388 e. The molecule has 15 heavy (non-hydrogen) atoms. The van der Waals surface area contributed by atoms with E-state index in [-0.39, 0.29) is 5.92 Å². The predicted octanol–water partition coefficient (Wildman–Crippen LogP) is 4.11. The highest BCUT2D eigenvalue weighted by molar-refractivity contribution is 5.26. The maximum absolute atomic E-state index is 9.83. The third kappa shape index (κ3) is 7.15. The minimum Gasteiger partial charge on any atom is -0.388 e. The Morgan fingerprint density at radius 3 is 2.27 bits per heavy atom. The molecule has 0 spiro atoms. The average molecular weight is 210 g/mol. The van der Waals surface area contributed by atoms with E-state index >= 15 is 0 Å². The van der Waals surface area contributed by atoms with Gasteiger partial charge in [0.2, 0.25) is 0 Å². The molecule has 0 aromatic rings. The molecule has 0 heterocycles. The number of aliphatic hydroxyl groups excluding tert-OH is 1. The van der Waals surface area contributed by atoms with Gasteiger partial charge in [0.25, 0.3) is 0 Å². The van der Waals surface area contributed by atoms with Crippen molar-refractivity contribution in [3.05, 3.63) is 36.5 Å². The number of aliphatic hydroxyl groups is 1. The van der Waals surface area contributed by atoms with Gasteiger partial charge < -0.3 is 5.11 Å². The van der Waals surface area contributed by atoms with Gasteiger partial charge in [0.05, 0.1) is 6.10 Å². The Hall–Kier alpha value is -0.820. The summed E-state index contributed by atoms with van der Waals surface area (Å²) in [7, 11) is 0. The maximum atomic E-state index is 9.83. The fourth-order valence-corrected chi connectivity index (χ4v) is 1.05. The minimum atomic E-state index is -0.390. The van der Waals surface area contributed by atoms with Crippen LogP contribution in [-0.4, -0.2) is 11.2 Å². The van der Waals surface area contributed by atoms with E-state index in [4.69, 9.17) is 0 Å². The van der Waals surface area contributed by atoms with Crippen LogP contribution in [0.2, 0.25) is 0 Å². The van der Waals surface area contributed by atoms with Gasteiger partial charge in [-0.15, -0.1) is 0 Å². The lowest BCUT2D eigenvalue weighted by Gasteiger charge is -2.17. The summed E-state index contributed by atoms with van der Waals surface area (Å²) in [4.78, 5) is 0. The summed E-state index contributed by atoms with van der Waals surface area (Å²) in [5.74, 6) is 0.287. The summed E-state index contributed by atoms with van der Waals surface area (Å²) < 4.78 is 0. The lowest BCUT2D eigenvalue weighted by molar-refractivity contribution is 0.152. The zero-order valence-electron chi connectivity index (χ0n) is 10.8. The van der Waals surface area contributed by atoms with Gasteiger partial charge in [-0.05, 0) is 18.4 Å². The monoisotopic (exact) mass is 210 g/mol. The van der Waals surface area contributed by atoms with E-state index in [2.05, 4.69) is 13.5 Å². The van der Waals surface area contributed by atoms with Gasteiger partial charge in [0, 0.05) is 0 Å². The fraction of sp³-hybridized carbons (Fsp3) is 0.571. The Kier molecular flexibility index (Phi) is 12.5. The smallest absolute Gasteiger partial charge is 0.0815 e. The van der Waals surface area contributed by atoms with Crippen molar-refractivity contribution in [1.29, 1.82) is 0 Å². The molecule has 0 saturated carbocycles. The summed E-state index contributed by atoms with van der Waals surface area (Å²) in [5, 5.41) is 9.83. The molecule has 0 saturated heterocycles. The lowest BCUT2D eigenvalue weighted by atomic mass is 9.95. The Morgan fingerprint density at radius 2 is 1.93 bits per heavy atom. The Balaban J connectivity index is 0. The molecule has 0 aromatic heterocycles. The highest BCUT2D eigenvalue weighted by atomic mass is 16.3. The van der Waals surface area contributed by atoms with Gasteiger partial charge in [-0.1, -0.05) is 65.0 Å². The second-order valence-corrected chi connectivity index (χ2v) is 3.23. The lowest BCUT2D eigenvalue weighted by Crippen LogP contribution is -2.18. The molecule has 0 aromatic carbocycles. The molecule has 0 rings (SSSR count). The van der Waals surface area contributed by atoms with Gasteiger partial charge in [0.1, 0.15) is 0 Å². The highest BCUT2D eigenvalue weighted by Gasteiger charge is 2.13. The molecule has 0 aliphatic rings. The van der Waals surface area contributed by atoms with Crippen LogP contribution in [0.25, 0.3) is 0 Å². The summed E-state index contributed by atoms with van der Waals surface area (Å²) in [5.41, 5.74) is 0.896. The molecule has 1 N–H and O–H groups in total. The molecule has 0 bridgehead atoms. The first-order valence-electron chi connectivity index (χ1n) is 5.80. The van der Waals surface area contributed by atoms with Crippen molar-refractivity contribution in [2.75, 3.05) is 0 Å². The maximum Gasteiger partial charge on any atom is 0.0815 e. The van der Waals surface area contributed by atoms with Crippen molar-refractivity contribution in [2.24, 2.45) is 5.92 Å².